The lowest BCUT2D eigenvalue weighted by atomic mass is 10.1. The van der Waals surface area contributed by atoms with Crippen LogP contribution in [0.4, 0.5) is 5.69 Å². The SMILES string of the molecule is COc1ccc(-c2csc3ncn(CC(=O)Nc4ccc(S(=O)(=O)N5CCOCC5)cc4)c(=O)c23)cc1. The van der Waals surface area contributed by atoms with Crippen LogP contribution in [0.5, 0.6) is 5.75 Å². The Balaban J connectivity index is 1.32. The summed E-state index contributed by atoms with van der Waals surface area (Å²) in [5.41, 5.74) is 1.69. The van der Waals surface area contributed by atoms with Gasteiger partial charge in [0.1, 0.15) is 17.1 Å². The topological polar surface area (TPSA) is 120 Å². The van der Waals surface area contributed by atoms with Crippen LogP contribution < -0.4 is 15.6 Å². The van der Waals surface area contributed by atoms with Crippen molar-refractivity contribution >= 4 is 43.2 Å². The number of methoxy groups -OCH3 is 1. The van der Waals surface area contributed by atoms with Gasteiger partial charge in [-0.25, -0.2) is 13.4 Å². The molecule has 10 nitrogen and oxygen atoms in total. The number of aromatic nitrogens is 2. The van der Waals surface area contributed by atoms with Crippen LogP contribution >= 0.6 is 11.3 Å². The molecular formula is C25H24N4O6S2. The van der Waals surface area contributed by atoms with E-state index in [4.69, 9.17) is 9.47 Å². The van der Waals surface area contributed by atoms with Gasteiger partial charge in [0.15, 0.2) is 0 Å². The normalized spacial score (nSPS) is 14.5. The molecule has 1 aliphatic heterocycles. The lowest BCUT2D eigenvalue weighted by molar-refractivity contribution is -0.116. The maximum absolute atomic E-state index is 13.2. The molecule has 1 N–H and O–H groups in total. The van der Waals surface area contributed by atoms with Crippen LogP contribution in [0.15, 0.2) is 69.9 Å². The van der Waals surface area contributed by atoms with E-state index in [1.54, 1.807) is 7.11 Å². The summed E-state index contributed by atoms with van der Waals surface area (Å²) in [7, 11) is -2.04. The number of nitrogens with one attached hydrogen (secondary N) is 1. The molecule has 1 saturated heterocycles. The van der Waals surface area contributed by atoms with Crippen molar-refractivity contribution in [3.8, 4) is 16.9 Å². The van der Waals surface area contributed by atoms with Gasteiger partial charge in [-0.05, 0) is 42.0 Å². The van der Waals surface area contributed by atoms with Crippen LogP contribution in [0.2, 0.25) is 0 Å². The van der Waals surface area contributed by atoms with Crippen molar-refractivity contribution in [3.05, 3.63) is 70.6 Å². The van der Waals surface area contributed by atoms with Gasteiger partial charge >= 0.3 is 0 Å². The Hall–Kier alpha value is -3.58. The van der Waals surface area contributed by atoms with Crippen molar-refractivity contribution in [1.82, 2.24) is 13.9 Å². The minimum absolute atomic E-state index is 0.141. The van der Waals surface area contributed by atoms with Crippen molar-refractivity contribution in [3.63, 3.8) is 0 Å². The fraction of sp³-hybridized carbons (Fsp3) is 0.240. The lowest BCUT2D eigenvalue weighted by Crippen LogP contribution is -2.40. The van der Waals surface area contributed by atoms with Crippen LogP contribution in [0.3, 0.4) is 0 Å². The van der Waals surface area contributed by atoms with E-state index < -0.39 is 15.9 Å². The van der Waals surface area contributed by atoms with Gasteiger partial charge in [-0.3, -0.25) is 14.2 Å². The first-order valence-electron chi connectivity index (χ1n) is 11.5. The predicted octanol–water partition coefficient (Wildman–Crippen LogP) is 2.79. The number of hydrogen-bond acceptors (Lipinski definition) is 8. The number of anilines is 1. The molecule has 4 aromatic rings. The Kier molecular flexibility index (Phi) is 7.07. The third-order valence-electron chi connectivity index (χ3n) is 6.02. The Morgan fingerprint density at radius 1 is 1.11 bits per heavy atom. The minimum Gasteiger partial charge on any atom is -0.497 e. The van der Waals surface area contributed by atoms with Crippen LogP contribution in [0, 0.1) is 0 Å². The summed E-state index contributed by atoms with van der Waals surface area (Å²) in [5.74, 6) is 0.274. The van der Waals surface area contributed by atoms with Gasteiger partial charge in [-0.2, -0.15) is 4.31 Å². The van der Waals surface area contributed by atoms with Crippen LogP contribution in [0.1, 0.15) is 0 Å². The molecule has 37 heavy (non-hydrogen) atoms. The van der Waals surface area contributed by atoms with E-state index in [2.05, 4.69) is 10.3 Å². The number of benzene rings is 2. The van der Waals surface area contributed by atoms with Crippen molar-refractivity contribution in [2.45, 2.75) is 11.4 Å². The van der Waals surface area contributed by atoms with Gasteiger partial charge in [0, 0.05) is 29.7 Å². The maximum atomic E-state index is 13.2. The highest BCUT2D eigenvalue weighted by Gasteiger charge is 2.26. The monoisotopic (exact) mass is 540 g/mol. The summed E-state index contributed by atoms with van der Waals surface area (Å²) in [4.78, 5) is 31.0. The summed E-state index contributed by atoms with van der Waals surface area (Å²) in [6.45, 7) is 1.09. The van der Waals surface area contributed by atoms with E-state index >= 15 is 0 Å². The van der Waals surface area contributed by atoms with E-state index in [1.807, 2.05) is 29.6 Å². The van der Waals surface area contributed by atoms with E-state index in [0.29, 0.717) is 48.0 Å². The fourth-order valence-corrected chi connectivity index (χ4v) is 6.38. The smallest absolute Gasteiger partial charge is 0.263 e. The molecule has 0 atom stereocenters. The Morgan fingerprint density at radius 3 is 2.49 bits per heavy atom. The first-order chi connectivity index (χ1) is 17.9. The zero-order valence-electron chi connectivity index (χ0n) is 19.9. The van der Waals surface area contributed by atoms with Crippen molar-refractivity contribution in [1.29, 1.82) is 0 Å². The summed E-state index contributed by atoms with van der Waals surface area (Å²) < 4.78 is 38.6. The van der Waals surface area contributed by atoms with Gasteiger partial charge in [0.2, 0.25) is 15.9 Å². The third-order valence-corrected chi connectivity index (χ3v) is 8.82. The number of morpholine rings is 1. The molecule has 0 radical (unpaired) electrons. The summed E-state index contributed by atoms with van der Waals surface area (Å²) in [6, 6.07) is 13.3. The molecule has 5 rings (SSSR count). The number of carbonyl (C=O) groups excluding carboxylic acids is 1. The highest BCUT2D eigenvalue weighted by molar-refractivity contribution is 7.89. The van der Waals surface area contributed by atoms with Gasteiger partial charge < -0.3 is 14.8 Å². The molecule has 0 saturated carbocycles. The molecule has 192 valence electrons. The van der Waals surface area contributed by atoms with Crippen LogP contribution in [-0.2, 0) is 26.1 Å². The average molecular weight is 541 g/mol. The summed E-state index contributed by atoms with van der Waals surface area (Å²) in [5, 5.41) is 5.03. The number of thiophene rings is 1. The average Bonchev–Trinajstić information content (AvgIpc) is 3.36. The largest absolute Gasteiger partial charge is 0.497 e. The van der Waals surface area contributed by atoms with Gasteiger partial charge in [0.05, 0.1) is 36.9 Å². The van der Waals surface area contributed by atoms with E-state index in [9.17, 15) is 18.0 Å². The third kappa shape index (κ3) is 5.14. The number of hydrogen-bond donors (Lipinski definition) is 1. The Bertz CT molecular complexity index is 1590. The molecule has 12 heteroatoms. The number of rotatable bonds is 7. The highest BCUT2D eigenvalue weighted by Crippen LogP contribution is 2.31. The van der Waals surface area contributed by atoms with Gasteiger partial charge in [-0.15, -0.1) is 11.3 Å². The molecule has 0 aliphatic carbocycles. The first kappa shape index (κ1) is 25.1. The molecule has 1 aliphatic rings. The number of nitrogens with zero attached hydrogens (tertiary/aromatic N) is 3. The number of carbonyl (C=O) groups is 1. The number of ether oxygens (including phenoxy) is 2. The van der Waals surface area contributed by atoms with Gasteiger partial charge in [0.25, 0.3) is 5.56 Å². The minimum atomic E-state index is -3.63. The highest BCUT2D eigenvalue weighted by atomic mass is 32.2. The quantitative estimate of drug-likeness (QED) is 0.383. The second kappa shape index (κ2) is 10.4. The van der Waals surface area contributed by atoms with E-state index in [0.717, 1.165) is 11.1 Å². The fourth-order valence-electron chi connectivity index (χ4n) is 4.06. The number of fused-ring (bicyclic) bond motifs is 1. The summed E-state index contributed by atoms with van der Waals surface area (Å²) >= 11 is 1.36. The lowest BCUT2D eigenvalue weighted by Gasteiger charge is -2.26. The molecule has 1 amide bonds. The molecule has 0 bridgehead atoms. The molecule has 3 heterocycles. The Labute approximate surface area is 217 Å². The molecular weight excluding hydrogens is 516 g/mol. The standard InChI is InChI=1S/C25H24N4O6S2/c1-34-19-6-2-17(3-7-19)21-15-36-24-23(21)25(31)28(16-26-24)14-22(30)27-18-4-8-20(9-5-18)37(32,33)29-10-12-35-13-11-29/h2-9,15-16H,10-14H2,1H3,(H,27,30). The van der Waals surface area contributed by atoms with E-state index in [-0.39, 0.29) is 17.0 Å². The van der Waals surface area contributed by atoms with Crippen molar-refractivity contribution in [2.75, 3.05) is 38.7 Å². The Morgan fingerprint density at radius 2 is 1.81 bits per heavy atom. The predicted molar refractivity (Wildman–Crippen MR) is 141 cm³/mol. The molecule has 2 aromatic carbocycles. The van der Waals surface area contributed by atoms with Crippen LogP contribution in [0.25, 0.3) is 21.3 Å². The van der Waals surface area contributed by atoms with E-state index in [1.165, 1.54) is 50.8 Å². The molecule has 2 aromatic heterocycles. The van der Waals surface area contributed by atoms with Crippen LogP contribution in [-0.4, -0.2) is 61.6 Å². The number of sulfonamides is 1. The molecule has 0 unspecified atom stereocenters. The molecule has 1 fully saturated rings. The second-order valence-corrected chi connectivity index (χ2v) is 11.1. The number of amides is 1. The van der Waals surface area contributed by atoms with Crippen molar-refractivity contribution < 1.29 is 22.7 Å². The maximum Gasteiger partial charge on any atom is 0.263 e. The van der Waals surface area contributed by atoms with Crippen molar-refractivity contribution in [2.24, 2.45) is 0 Å². The molecule has 0 spiro atoms. The second-order valence-electron chi connectivity index (χ2n) is 8.32. The first-order valence-corrected chi connectivity index (χ1v) is 13.8. The zero-order chi connectivity index (χ0) is 26.0. The zero-order valence-corrected chi connectivity index (χ0v) is 21.5. The van der Waals surface area contributed by atoms with Gasteiger partial charge in [-0.1, -0.05) is 12.1 Å². The summed E-state index contributed by atoms with van der Waals surface area (Å²) in [6.07, 6.45) is 1.36.